The zero-order valence-corrected chi connectivity index (χ0v) is 21.1. The van der Waals surface area contributed by atoms with E-state index in [2.05, 4.69) is 19.4 Å². The van der Waals surface area contributed by atoms with Crippen molar-refractivity contribution in [2.24, 2.45) is 0 Å². The van der Waals surface area contributed by atoms with Gasteiger partial charge in [0.05, 0.1) is 13.1 Å². The molecule has 11 nitrogen and oxygen atoms in total. The quantitative estimate of drug-likeness (QED) is 0.345. The predicted octanol–water partition coefficient (Wildman–Crippen LogP) is -2.46. The average molecular weight is 379 g/mol. The van der Waals surface area contributed by atoms with Crippen LogP contribution in [0, 0.1) is 0 Å². The third-order valence-corrected chi connectivity index (χ3v) is 1.39. The van der Waals surface area contributed by atoms with Crippen LogP contribution in [0.2, 0.25) is 0 Å². The van der Waals surface area contributed by atoms with E-state index < -0.39 is 23.9 Å². The summed E-state index contributed by atoms with van der Waals surface area (Å²) in [6.07, 6.45) is 0. The van der Waals surface area contributed by atoms with E-state index in [0.29, 0.717) is 10.5 Å². The molecule has 0 aromatic rings. The van der Waals surface area contributed by atoms with E-state index in [4.69, 9.17) is 0 Å². The van der Waals surface area contributed by atoms with Crippen LogP contribution >= 0.6 is 0 Å². The molecule has 0 saturated heterocycles. The zero-order chi connectivity index (χ0) is 15.7. The van der Waals surface area contributed by atoms with Crippen molar-refractivity contribution in [3.63, 3.8) is 0 Å². The van der Waals surface area contributed by atoms with Gasteiger partial charge in [0.25, 0.3) is 0 Å². The Labute approximate surface area is 205 Å². The molecule has 0 spiro atoms. The summed E-state index contributed by atoms with van der Waals surface area (Å²) in [7, 11) is 0. The van der Waals surface area contributed by atoms with Gasteiger partial charge in [-0.2, -0.15) is 0 Å². The van der Waals surface area contributed by atoms with Gasteiger partial charge in [-0.15, -0.1) is 0 Å². The number of rotatable bonds is 7. The van der Waals surface area contributed by atoms with Crippen LogP contribution < -0.4 is 0 Å². The summed E-state index contributed by atoms with van der Waals surface area (Å²) >= 11 is 0. The van der Waals surface area contributed by atoms with Gasteiger partial charge in [0.15, 0.2) is 0 Å². The molecule has 24 heavy (non-hydrogen) atoms. The van der Waals surface area contributed by atoms with Crippen molar-refractivity contribution >= 4 is 113 Å². The van der Waals surface area contributed by atoms with E-state index in [1.54, 1.807) is 0 Å². The van der Waals surface area contributed by atoms with Crippen LogP contribution in [0.25, 0.3) is 0 Å². The van der Waals surface area contributed by atoms with Crippen molar-refractivity contribution in [2.75, 3.05) is 13.1 Å². The minimum absolute atomic E-state index is 0. The molecule has 0 bridgehead atoms. The first kappa shape index (κ1) is 35.8. The Kier molecular flexibility index (Phi) is 29.9. The third kappa shape index (κ3) is 22.8. The SMILES string of the molecule is CC(=O)ON(CCN(OC(C)=O)OC(C)=O)OC(C)=O.O.[Na].[Na].[Na]. The molecular weight excluding hydrogens is 361 g/mol. The Morgan fingerprint density at radius 3 is 0.875 bits per heavy atom. The van der Waals surface area contributed by atoms with E-state index in [-0.39, 0.29) is 107 Å². The van der Waals surface area contributed by atoms with Gasteiger partial charge in [0.1, 0.15) is 0 Å². The topological polar surface area (TPSA) is 143 Å². The molecule has 0 atom stereocenters. The maximum atomic E-state index is 10.8. The van der Waals surface area contributed by atoms with Crippen molar-refractivity contribution in [3.05, 3.63) is 0 Å². The van der Waals surface area contributed by atoms with E-state index in [1.807, 2.05) is 0 Å². The van der Waals surface area contributed by atoms with Gasteiger partial charge in [-0.25, -0.2) is 0 Å². The van der Waals surface area contributed by atoms with Gasteiger partial charge in [0.2, 0.25) is 0 Å². The Morgan fingerprint density at radius 1 is 0.583 bits per heavy atom. The monoisotopic (exact) mass is 379 g/mol. The second-order valence-corrected chi connectivity index (χ2v) is 3.44. The van der Waals surface area contributed by atoms with Crippen LogP contribution in [-0.4, -0.2) is 142 Å². The van der Waals surface area contributed by atoms with Crippen molar-refractivity contribution in [2.45, 2.75) is 27.7 Å². The van der Waals surface area contributed by atoms with Crippen molar-refractivity contribution in [1.82, 2.24) is 10.5 Å². The molecule has 0 amide bonds. The normalized spacial score (nSPS) is 8.42. The summed E-state index contributed by atoms with van der Waals surface area (Å²) in [6.45, 7) is 3.97. The summed E-state index contributed by atoms with van der Waals surface area (Å²) in [5.74, 6) is -2.90. The minimum atomic E-state index is -0.724. The molecule has 0 aromatic carbocycles. The predicted molar refractivity (Wildman–Crippen MR) is 81.4 cm³/mol. The van der Waals surface area contributed by atoms with Crippen molar-refractivity contribution in [3.8, 4) is 0 Å². The summed E-state index contributed by atoms with van der Waals surface area (Å²) in [5, 5.41) is 1.15. The van der Waals surface area contributed by atoms with Gasteiger partial charge >= 0.3 is 23.9 Å². The Bertz CT molecular complexity index is 330. The number of nitrogens with zero attached hydrogens (tertiary/aromatic N) is 2. The van der Waals surface area contributed by atoms with Gasteiger partial charge in [-0.3, -0.25) is 19.2 Å². The fourth-order valence-corrected chi connectivity index (χ4v) is 0.957. The maximum Gasteiger partial charge on any atom is 0.326 e. The third-order valence-electron chi connectivity index (χ3n) is 1.39. The van der Waals surface area contributed by atoms with Crippen LogP contribution in [0.5, 0.6) is 0 Å². The summed E-state index contributed by atoms with van der Waals surface area (Å²) in [5.41, 5.74) is 0. The van der Waals surface area contributed by atoms with Gasteiger partial charge in [-0.1, -0.05) is 0 Å². The Hall–Kier alpha value is 0.760. The zero-order valence-electron chi connectivity index (χ0n) is 15.1. The number of carbonyl (C=O) groups excluding carboxylic acids is 4. The van der Waals surface area contributed by atoms with Crippen LogP contribution in [0.3, 0.4) is 0 Å². The molecule has 0 aromatic heterocycles. The molecule has 2 N–H and O–H groups in total. The average Bonchev–Trinajstić information content (AvgIpc) is 2.22. The first-order valence-electron chi connectivity index (χ1n) is 5.50. The van der Waals surface area contributed by atoms with Crippen LogP contribution in [-0.2, 0) is 38.5 Å². The fourth-order valence-electron chi connectivity index (χ4n) is 0.957. The van der Waals surface area contributed by atoms with Crippen molar-refractivity contribution in [1.29, 1.82) is 0 Å². The molecule has 0 unspecified atom stereocenters. The second-order valence-electron chi connectivity index (χ2n) is 3.44. The Morgan fingerprint density at radius 2 is 0.750 bits per heavy atom. The summed E-state index contributed by atoms with van der Waals surface area (Å²) in [6, 6.07) is 0. The number of carbonyl (C=O) groups is 4. The molecule has 3 radical (unpaired) electrons. The second kappa shape index (κ2) is 20.1. The standard InChI is InChI=1S/C10H16N2O8.3Na.H2O/c1-7(13)17-11(18-8(2)14)5-6-12(19-9(3)15)20-10(4)16;;;;/h5-6H2,1-4H3;;;;1H2. The molecule has 0 heterocycles. The smallest absolute Gasteiger partial charge is 0.326 e. The summed E-state index contributed by atoms with van der Waals surface area (Å²) < 4.78 is 0. The molecule has 125 valence electrons. The van der Waals surface area contributed by atoms with E-state index in [0.717, 1.165) is 27.7 Å². The van der Waals surface area contributed by atoms with Crippen molar-refractivity contribution < 1.29 is 44.0 Å². The molecular formula is C10H18N2Na3O9. The van der Waals surface area contributed by atoms with E-state index >= 15 is 0 Å². The molecule has 0 aliphatic carbocycles. The fraction of sp³-hybridized carbons (Fsp3) is 0.600. The molecule has 0 aliphatic heterocycles. The number of hydrogen-bond acceptors (Lipinski definition) is 10. The van der Waals surface area contributed by atoms with E-state index in [9.17, 15) is 19.2 Å². The van der Waals surface area contributed by atoms with Gasteiger partial charge < -0.3 is 24.8 Å². The van der Waals surface area contributed by atoms with Crippen LogP contribution in [0.4, 0.5) is 0 Å². The van der Waals surface area contributed by atoms with Crippen LogP contribution in [0.1, 0.15) is 27.7 Å². The minimum Gasteiger partial charge on any atom is -0.412 e. The maximum absolute atomic E-state index is 10.8. The van der Waals surface area contributed by atoms with E-state index in [1.165, 1.54) is 0 Å². The first-order valence-corrected chi connectivity index (χ1v) is 5.50. The molecule has 0 fully saturated rings. The number of hydrogen-bond donors (Lipinski definition) is 0. The molecule has 0 rings (SSSR count). The first-order chi connectivity index (χ1) is 9.20. The number of hydroxylamine groups is 4. The van der Waals surface area contributed by atoms with Gasteiger partial charge in [-0.05, 0) is 0 Å². The van der Waals surface area contributed by atoms with Crippen LogP contribution in [0.15, 0.2) is 0 Å². The summed E-state index contributed by atoms with van der Waals surface area (Å²) in [4.78, 5) is 61.4. The molecule has 0 saturated carbocycles. The molecule has 14 heteroatoms. The van der Waals surface area contributed by atoms with Gasteiger partial charge in [0, 0.05) is 127 Å². The Balaban J connectivity index is -0.000000301. The largest absolute Gasteiger partial charge is 0.412 e. The molecule has 0 aliphatic rings.